The summed E-state index contributed by atoms with van der Waals surface area (Å²) in [6.45, 7) is 0.585. The molecule has 2 aromatic heterocycles. The Balaban J connectivity index is 1.40. The van der Waals surface area contributed by atoms with Gasteiger partial charge in [0.25, 0.3) is 0 Å². The first-order valence-electron chi connectivity index (χ1n) is 8.90. The van der Waals surface area contributed by atoms with Gasteiger partial charge in [0.2, 0.25) is 5.91 Å². The topological polar surface area (TPSA) is 123 Å². The van der Waals surface area contributed by atoms with Gasteiger partial charge in [0.05, 0.1) is 18.3 Å². The molecule has 2 heterocycles. The quantitative estimate of drug-likeness (QED) is 0.544. The first-order chi connectivity index (χ1) is 13.6. The van der Waals surface area contributed by atoms with Crippen molar-refractivity contribution in [2.75, 3.05) is 5.32 Å². The number of nitrogens with zero attached hydrogens (tertiary/aromatic N) is 5. The summed E-state index contributed by atoms with van der Waals surface area (Å²) < 4.78 is 1.51. The number of carboxylic acid groups (broad SMARTS) is 1. The molecule has 0 bridgehead atoms. The zero-order chi connectivity index (χ0) is 19.8. The van der Waals surface area contributed by atoms with Crippen LogP contribution in [0.3, 0.4) is 0 Å². The lowest BCUT2D eigenvalue weighted by atomic mass is 10.1. The van der Waals surface area contributed by atoms with Crippen molar-refractivity contribution in [3.05, 3.63) is 65.6 Å². The molecule has 0 atom stereocenters. The molecule has 9 nitrogen and oxygen atoms in total. The van der Waals surface area contributed by atoms with Crippen LogP contribution in [0.5, 0.6) is 0 Å². The summed E-state index contributed by atoms with van der Waals surface area (Å²) in [6, 6.07) is 13.1. The second kappa shape index (κ2) is 9.36. The van der Waals surface area contributed by atoms with Crippen LogP contribution < -0.4 is 5.32 Å². The molecular weight excluding hydrogens is 360 g/mol. The van der Waals surface area contributed by atoms with Gasteiger partial charge in [-0.3, -0.25) is 9.48 Å². The molecule has 0 unspecified atom stereocenters. The zero-order valence-corrected chi connectivity index (χ0v) is 15.2. The fourth-order valence-electron chi connectivity index (χ4n) is 2.61. The fraction of sp³-hybridized carbons (Fsp3) is 0.263. The minimum absolute atomic E-state index is 0.0595. The van der Waals surface area contributed by atoms with Gasteiger partial charge in [0.1, 0.15) is 0 Å². The van der Waals surface area contributed by atoms with Crippen molar-refractivity contribution in [3.8, 4) is 0 Å². The number of nitrogens with one attached hydrogen (secondary N) is 1. The maximum atomic E-state index is 12.0. The molecule has 2 N–H and O–H groups in total. The molecule has 0 fully saturated rings. The van der Waals surface area contributed by atoms with E-state index in [1.165, 1.54) is 10.9 Å². The number of carbonyl (C=O) groups excluding carboxylic acids is 1. The number of hydrogen-bond donors (Lipinski definition) is 2. The molecule has 0 spiro atoms. The third kappa shape index (κ3) is 5.70. The number of aromatic nitrogens is 5. The van der Waals surface area contributed by atoms with Crippen molar-refractivity contribution in [2.24, 2.45) is 0 Å². The van der Waals surface area contributed by atoms with Gasteiger partial charge in [-0.25, -0.2) is 4.79 Å². The highest BCUT2D eigenvalue weighted by Crippen LogP contribution is 2.08. The Kier molecular flexibility index (Phi) is 6.40. The SMILES string of the molecule is O=C(Cc1ccccc1)Nc1ccc(CCCCn2cc(C(=O)O)nn2)nn1. The standard InChI is InChI=1S/C19H20N6O3/c26-18(12-14-6-2-1-3-7-14)20-17-10-9-15(21-23-17)8-4-5-11-25-13-16(19(27)28)22-24-25/h1-3,6-7,9-10,13H,4-5,8,11-12H2,(H,27,28)(H,20,23,26). The highest BCUT2D eigenvalue weighted by Gasteiger charge is 2.08. The van der Waals surface area contributed by atoms with E-state index in [2.05, 4.69) is 25.8 Å². The summed E-state index contributed by atoms with van der Waals surface area (Å²) in [4.78, 5) is 22.8. The number of carboxylic acids is 1. The number of unbranched alkanes of at least 4 members (excludes halogenated alkanes) is 1. The lowest BCUT2D eigenvalue weighted by molar-refractivity contribution is -0.115. The number of anilines is 1. The third-order valence-corrected chi connectivity index (χ3v) is 4.02. The van der Waals surface area contributed by atoms with Crippen LogP contribution in [0.2, 0.25) is 0 Å². The normalized spacial score (nSPS) is 10.6. The van der Waals surface area contributed by atoms with E-state index in [1.807, 2.05) is 36.4 Å². The van der Waals surface area contributed by atoms with Crippen LogP contribution in [0.4, 0.5) is 5.82 Å². The van der Waals surface area contributed by atoms with Crippen LogP contribution in [-0.2, 0) is 24.2 Å². The van der Waals surface area contributed by atoms with Crippen LogP contribution in [0.25, 0.3) is 0 Å². The van der Waals surface area contributed by atoms with E-state index < -0.39 is 5.97 Å². The summed E-state index contributed by atoms with van der Waals surface area (Å²) >= 11 is 0. The van der Waals surface area contributed by atoms with Gasteiger partial charge >= 0.3 is 5.97 Å². The maximum absolute atomic E-state index is 12.0. The molecule has 0 radical (unpaired) electrons. The average Bonchev–Trinajstić information content (AvgIpc) is 3.16. The first-order valence-corrected chi connectivity index (χ1v) is 8.90. The largest absolute Gasteiger partial charge is 0.476 e. The van der Waals surface area contributed by atoms with E-state index in [-0.39, 0.29) is 18.0 Å². The zero-order valence-electron chi connectivity index (χ0n) is 15.2. The summed E-state index contributed by atoms with van der Waals surface area (Å²) in [5, 5.41) is 27.1. The Hall–Kier alpha value is -3.62. The van der Waals surface area contributed by atoms with Gasteiger partial charge in [0.15, 0.2) is 11.5 Å². The van der Waals surface area contributed by atoms with E-state index in [4.69, 9.17) is 5.11 Å². The molecular formula is C19H20N6O3. The summed E-state index contributed by atoms with van der Waals surface area (Å²) in [7, 11) is 0. The Morgan fingerprint density at radius 1 is 1.00 bits per heavy atom. The molecule has 0 aliphatic rings. The predicted molar refractivity (Wildman–Crippen MR) is 101 cm³/mol. The van der Waals surface area contributed by atoms with Crippen molar-refractivity contribution >= 4 is 17.7 Å². The molecule has 1 aromatic carbocycles. The Labute approximate surface area is 161 Å². The second-order valence-corrected chi connectivity index (χ2v) is 6.25. The van der Waals surface area contributed by atoms with Gasteiger partial charge < -0.3 is 10.4 Å². The predicted octanol–water partition coefficient (Wildman–Crippen LogP) is 1.97. The number of carbonyl (C=O) groups is 2. The van der Waals surface area contributed by atoms with Crippen LogP contribution in [0.1, 0.15) is 34.6 Å². The van der Waals surface area contributed by atoms with Crippen LogP contribution in [0, 0.1) is 0 Å². The Morgan fingerprint density at radius 3 is 2.50 bits per heavy atom. The summed E-state index contributed by atoms with van der Waals surface area (Å²) in [6.07, 6.45) is 4.08. The van der Waals surface area contributed by atoms with Crippen LogP contribution >= 0.6 is 0 Å². The van der Waals surface area contributed by atoms with Crippen LogP contribution in [-0.4, -0.2) is 42.2 Å². The number of benzene rings is 1. The molecule has 0 saturated heterocycles. The van der Waals surface area contributed by atoms with Crippen molar-refractivity contribution < 1.29 is 14.7 Å². The monoisotopic (exact) mass is 380 g/mol. The Bertz CT molecular complexity index is 924. The molecule has 144 valence electrons. The molecule has 1 amide bonds. The fourth-order valence-corrected chi connectivity index (χ4v) is 2.61. The third-order valence-electron chi connectivity index (χ3n) is 4.02. The average molecular weight is 380 g/mol. The van der Waals surface area contributed by atoms with Gasteiger partial charge in [-0.1, -0.05) is 35.5 Å². The van der Waals surface area contributed by atoms with E-state index >= 15 is 0 Å². The number of amides is 1. The molecule has 0 saturated carbocycles. The highest BCUT2D eigenvalue weighted by atomic mass is 16.4. The summed E-state index contributed by atoms with van der Waals surface area (Å²) in [5.41, 5.74) is 1.70. The van der Waals surface area contributed by atoms with Crippen molar-refractivity contribution in [2.45, 2.75) is 32.2 Å². The van der Waals surface area contributed by atoms with Gasteiger partial charge in [0, 0.05) is 6.54 Å². The van der Waals surface area contributed by atoms with E-state index in [0.717, 1.165) is 30.5 Å². The van der Waals surface area contributed by atoms with Gasteiger partial charge in [-0.2, -0.15) is 5.10 Å². The van der Waals surface area contributed by atoms with Crippen molar-refractivity contribution in [1.29, 1.82) is 0 Å². The minimum Gasteiger partial charge on any atom is -0.476 e. The van der Waals surface area contributed by atoms with Crippen LogP contribution in [0.15, 0.2) is 48.7 Å². The molecule has 3 aromatic rings. The van der Waals surface area contributed by atoms with Crippen molar-refractivity contribution in [3.63, 3.8) is 0 Å². The molecule has 9 heteroatoms. The number of aryl methyl sites for hydroxylation is 2. The first kappa shape index (κ1) is 19.2. The lowest BCUT2D eigenvalue weighted by Crippen LogP contribution is -2.15. The highest BCUT2D eigenvalue weighted by molar-refractivity contribution is 5.91. The van der Waals surface area contributed by atoms with E-state index in [1.54, 1.807) is 6.07 Å². The van der Waals surface area contributed by atoms with Gasteiger partial charge in [-0.05, 0) is 37.0 Å². The van der Waals surface area contributed by atoms with E-state index in [0.29, 0.717) is 12.4 Å². The second-order valence-electron chi connectivity index (χ2n) is 6.25. The lowest BCUT2D eigenvalue weighted by Gasteiger charge is -2.05. The molecule has 0 aliphatic carbocycles. The number of hydrogen-bond acceptors (Lipinski definition) is 6. The van der Waals surface area contributed by atoms with Gasteiger partial charge in [-0.15, -0.1) is 10.2 Å². The minimum atomic E-state index is -1.09. The Morgan fingerprint density at radius 2 is 1.82 bits per heavy atom. The molecule has 3 rings (SSSR count). The number of aromatic carboxylic acids is 1. The molecule has 28 heavy (non-hydrogen) atoms. The molecule has 0 aliphatic heterocycles. The maximum Gasteiger partial charge on any atom is 0.358 e. The van der Waals surface area contributed by atoms with E-state index in [9.17, 15) is 9.59 Å². The number of rotatable bonds is 9. The van der Waals surface area contributed by atoms with Crippen molar-refractivity contribution in [1.82, 2.24) is 25.2 Å². The smallest absolute Gasteiger partial charge is 0.358 e. The summed E-state index contributed by atoms with van der Waals surface area (Å²) in [5.74, 6) is -0.798.